The molecule has 2 aromatic rings. The first-order valence-electron chi connectivity index (χ1n) is 7.91. The Morgan fingerprint density at radius 3 is 2.46 bits per heavy atom. The highest BCUT2D eigenvalue weighted by Gasteiger charge is 2.27. The molecule has 24 heavy (non-hydrogen) atoms. The minimum atomic E-state index is -0.293. The highest BCUT2D eigenvalue weighted by Crippen LogP contribution is 2.23. The number of rotatable bonds is 4. The van der Waals surface area contributed by atoms with E-state index in [1.807, 2.05) is 30.3 Å². The van der Waals surface area contributed by atoms with Crippen molar-refractivity contribution in [3.8, 4) is 11.5 Å². The van der Waals surface area contributed by atoms with Crippen LogP contribution >= 0.6 is 0 Å². The van der Waals surface area contributed by atoms with Crippen LogP contribution in [0.3, 0.4) is 0 Å². The van der Waals surface area contributed by atoms with E-state index in [-0.39, 0.29) is 17.7 Å². The number of aromatic nitrogens is 1. The molecule has 0 unspecified atom stereocenters. The van der Waals surface area contributed by atoms with Gasteiger partial charge in [-0.3, -0.25) is 14.6 Å². The molecule has 1 fully saturated rings. The van der Waals surface area contributed by atoms with Gasteiger partial charge in [-0.25, -0.2) is 0 Å². The first-order valence-corrected chi connectivity index (χ1v) is 7.91. The van der Waals surface area contributed by atoms with Crippen molar-refractivity contribution in [3.05, 3.63) is 54.4 Å². The van der Waals surface area contributed by atoms with E-state index in [0.29, 0.717) is 43.1 Å². The lowest BCUT2D eigenvalue weighted by atomic mass is 9.96. The molecule has 6 nitrogen and oxygen atoms in total. The lowest BCUT2D eigenvalue weighted by Crippen LogP contribution is -2.42. The SMILES string of the molecule is NC(=O)C1CCN(C(=O)c2cc(Oc3ccccc3)ccn2)CC1. The summed E-state index contributed by atoms with van der Waals surface area (Å²) < 4.78 is 5.73. The summed E-state index contributed by atoms with van der Waals surface area (Å²) in [6.07, 6.45) is 2.75. The fourth-order valence-corrected chi connectivity index (χ4v) is 2.75. The average Bonchev–Trinajstić information content (AvgIpc) is 2.62. The number of likely N-dealkylation sites (tertiary alicyclic amines) is 1. The third-order valence-electron chi connectivity index (χ3n) is 4.11. The molecule has 1 aliphatic heterocycles. The maximum Gasteiger partial charge on any atom is 0.272 e. The highest BCUT2D eigenvalue weighted by molar-refractivity contribution is 5.92. The Labute approximate surface area is 140 Å². The first-order chi connectivity index (χ1) is 11.6. The number of piperidine rings is 1. The van der Waals surface area contributed by atoms with Crippen LogP contribution in [0.5, 0.6) is 11.5 Å². The molecule has 0 atom stereocenters. The maximum absolute atomic E-state index is 12.6. The number of carbonyl (C=O) groups is 2. The molecule has 2 amide bonds. The summed E-state index contributed by atoms with van der Waals surface area (Å²) in [5, 5.41) is 0. The Hall–Kier alpha value is -2.89. The zero-order chi connectivity index (χ0) is 16.9. The highest BCUT2D eigenvalue weighted by atomic mass is 16.5. The lowest BCUT2D eigenvalue weighted by molar-refractivity contribution is -0.123. The van der Waals surface area contributed by atoms with E-state index in [2.05, 4.69) is 4.98 Å². The lowest BCUT2D eigenvalue weighted by Gasteiger charge is -2.30. The number of amides is 2. The zero-order valence-corrected chi connectivity index (χ0v) is 13.2. The van der Waals surface area contributed by atoms with Gasteiger partial charge in [0.15, 0.2) is 0 Å². The van der Waals surface area contributed by atoms with E-state index in [9.17, 15) is 9.59 Å². The van der Waals surface area contributed by atoms with Crippen molar-refractivity contribution in [1.29, 1.82) is 0 Å². The monoisotopic (exact) mass is 325 g/mol. The van der Waals surface area contributed by atoms with Gasteiger partial charge in [0.2, 0.25) is 5.91 Å². The average molecular weight is 325 g/mol. The summed E-state index contributed by atoms with van der Waals surface area (Å²) in [7, 11) is 0. The molecule has 0 aliphatic carbocycles. The molecule has 1 saturated heterocycles. The van der Waals surface area contributed by atoms with E-state index in [1.54, 1.807) is 23.2 Å². The van der Waals surface area contributed by atoms with Crippen LogP contribution < -0.4 is 10.5 Å². The van der Waals surface area contributed by atoms with Gasteiger partial charge in [-0.15, -0.1) is 0 Å². The van der Waals surface area contributed by atoms with Crippen LogP contribution in [0.2, 0.25) is 0 Å². The number of nitrogens with zero attached hydrogens (tertiary/aromatic N) is 2. The Morgan fingerprint density at radius 2 is 1.79 bits per heavy atom. The van der Waals surface area contributed by atoms with Crippen molar-refractivity contribution >= 4 is 11.8 Å². The molecule has 0 saturated carbocycles. The van der Waals surface area contributed by atoms with Gasteiger partial charge in [-0.05, 0) is 31.0 Å². The van der Waals surface area contributed by atoms with Crippen LogP contribution in [-0.4, -0.2) is 34.8 Å². The Kier molecular flexibility index (Phi) is 4.74. The Morgan fingerprint density at radius 1 is 1.08 bits per heavy atom. The number of primary amides is 1. The number of para-hydroxylation sites is 1. The predicted molar refractivity (Wildman–Crippen MR) is 88.6 cm³/mol. The smallest absolute Gasteiger partial charge is 0.272 e. The summed E-state index contributed by atoms with van der Waals surface area (Å²) in [5.41, 5.74) is 5.66. The fourth-order valence-electron chi connectivity index (χ4n) is 2.75. The second-order valence-corrected chi connectivity index (χ2v) is 5.76. The second-order valence-electron chi connectivity index (χ2n) is 5.76. The molecule has 0 radical (unpaired) electrons. The van der Waals surface area contributed by atoms with Crippen LogP contribution in [0.25, 0.3) is 0 Å². The van der Waals surface area contributed by atoms with Crippen molar-refractivity contribution in [2.75, 3.05) is 13.1 Å². The van der Waals surface area contributed by atoms with E-state index in [0.717, 1.165) is 0 Å². The molecular formula is C18H19N3O3. The fraction of sp³-hybridized carbons (Fsp3) is 0.278. The Balaban J connectivity index is 1.67. The number of ether oxygens (including phenoxy) is 1. The van der Waals surface area contributed by atoms with E-state index in [4.69, 9.17) is 10.5 Å². The number of nitrogens with two attached hydrogens (primary N) is 1. The summed E-state index contributed by atoms with van der Waals surface area (Å²) in [4.78, 5) is 29.6. The molecular weight excluding hydrogens is 306 g/mol. The molecule has 0 bridgehead atoms. The van der Waals surface area contributed by atoms with Crippen molar-refractivity contribution in [2.45, 2.75) is 12.8 Å². The number of carbonyl (C=O) groups excluding carboxylic acids is 2. The maximum atomic E-state index is 12.6. The van der Waals surface area contributed by atoms with Crippen LogP contribution in [0.1, 0.15) is 23.3 Å². The van der Waals surface area contributed by atoms with Gasteiger partial charge in [0.05, 0.1) is 0 Å². The molecule has 1 aliphatic rings. The summed E-state index contributed by atoms with van der Waals surface area (Å²) in [6.45, 7) is 1.02. The van der Waals surface area contributed by atoms with Crippen molar-refractivity contribution in [2.24, 2.45) is 11.7 Å². The number of benzene rings is 1. The van der Waals surface area contributed by atoms with Gasteiger partial charge >= 0.3 is 0 Å². The van der Waals surface area contributed by atoms with Gasteiger partial charge in [0.25, 0.3) is 5.91 Å². The van der Waals surface area contributed by atoms with E-state index >= 15 is 0 Å². The van der Waals surface area contributed by atoms with Crippen LogP contribution in [0, 0.1) is 5.92 Å². The van der Waals surface area contributed by atoms with Gasteiger partial charge in [-0.1, -0.05) is 18.2 Å². The van der Waals surface area contributed by atoms with Crippen LogP contribution in [-0.2, 0) is 4.79 Å². The summed E-state index contributed by atoms with van der Waals surface area (Å²) in [5.74, 6) is 0.667. The number of hydrogen-bond donors (Lipinski definition) is 1. The zero-order valence-electron chi connectivity index (χ0n) is 13.2. The number of pyridine rings is 1. The molecule has 2 heterocycles. The molecule has 0 spiro atoms. The van der Waals surface area contributed by atoms with Gasteiger partial charge in [-0.2, -0.15) is 0 Å². The van der Waals surface area contributed by atoms with Crippen molar-refractivity contribution < 1.29 is 14.3 Å². The van der Waals surface area contributed by atoms with Crippen LogP contribution in [0.15, 0.2) is 48.7 Å². The third kappa shape index (κ3) is 3.71. The van der Waals surface area contributed by atoms with Gasteiger partial charge in [0.1, 0.15) is 17.2 Å². The molecule has 1 aromatic heterocycles. The van der Waals surface area contributed by atoms with Crippen molar-refractivity contribution in [1.82, 2.24) is 9.88 Å². The first kappa shape index (κ1) is 16.0. The summed E-state index contributed by atoms with van der Waals surface area (Å²) >= 11 is 0. The molecule has 2 N–H and O–H groups in total. The van der Waals surface area contributed by atoms with Crippen molar-refractivity contribution in [3.63, 3.8) is 0 Å². The largest absolute Gasteiger partial charge is 0.457 e. The molecule has 6 heteroatoms. The Bertz CT molecular complexity index is 725. The normalized spacial score (nSPS) is 15.1. The van der Waals surface area contributed by atoms with E-state index < -0.39 is 0 Å². The molecule has 3 rings (SSSR count). The minimum Gasteiger partial charge on any atom is -0.457 e. The third-order valence-corrected chi connectivity index (χ3v) is 4.11. The van der Waals surface area contributed by atoms with Gasteiger partial charge < -0.3 is 15.4 Å². The topological polar surface area (TPSA) is 85.5 Å². The quantitative estimate of drug-likeness (QED) is 0.934. The minimum absolute atomic E-state index is 0.144. The molecule has 124 valence electrons. The number of hydrogen-bond acceptors (Lipinski definition) is 4. The predicted octanol–water partition coefficient (Wildman–Crippen LogP) is 2.21. The molecule has 1 aromatic carbocycles. The van der Waals surface area contributed by atoms with Gasteiger partial charge in [0, 0.05) is 31.3 Å². The second kappa shape index (κ2) is 7.12. The van der Waals surface area contributed by atoms with E-state index in [1.165, 1.54) is 0 Å². The van der Waals surface area contributed by atoms with Crippen LogP contribution in [0.4, 0.5) is 0 Å². The summed E-state index contributed by atoms with van der Waals surface area (Å²) in [6, 6.07) is 12.7. The standard InChI is InChI=1S/C18H19N3O3/c19-17(22)13-7-10-21(11-8-13)18(23)16-12-15(6-9-20-16)24-14-4-2-1-3-5-14/h1-6,9,12-13H,7-8,10-11H2,(H2,19,22).